The van der Waals surface area contributed by atoms with Crippen LogP contribution in [0.4, 0.5) is 10.1 Å². The molecule has 0 saturated carbocycles. The van der Waals surface area contributed by atoms with Crippen LogP contribution in [0.1, 0.15) is 5.56 Å². The van der Waals surface area contributed by atoms with Crippen LogP contribution in [0.2, 0.25) is 5.02 Å². The van der Waals surface area contributed by atoms with Crippen LogP contribution < -0.4 is 10.1 Å². The van der Waals surface area contributed by atoms with E-state index in [0.717, 1.165) is 5.56 Å². The van der Waals surface area contributed by atoms with Crippen molar-refractivity contribution in [2.45, 2.75) is 6.92 Å². The first kappa shape index (κ1) is 18.9. The molecule has 0 atom stereocenters. The van der Waals surface area contributed by atoms with Crippen LogP contribution in [0.25, 0.3) is 16.7 Å². The largest absolute Gasteiger partial charge is 0.482 e. The number of nitrogens with zero attached hydrogens (tertiary/aromatic N) is 3. The van der Waals surface area contributed by atoms with E-state index in [4.69, 9.17) is 16.3 Å². The van der Waals surface area contributed by atoms with Gasteiger partial charge in [-0.2, -0.15) is 4.80 Å². The number of hydrogen-bond donors (Lipinski definition) is 1. The van der Waals surface area contributed by atoms with Crippen molar-refractivity contribution >= 4 is 34.2 Å². The first-order valence-corrected chi connectivity index (χ1v) is 9.18. The summed E-state index contributed by atoms with van der Waals surface area (Å²) in [5.74, 6) is -0.206. The number of carbonyl (C=O) groups excluding carboxylic acids is 1. The Morgan fingerprint density at radius 3 is 2.52 bits per heavy atom. The number of carbonyl (C=O) groups is 1. The van der Waals surface area contributed by atoms with Gasteiger partial charge in [-0.25, -0.2) is 4.39 Å². The number of para-hydroxylation sites is 1. The number of aromatic nitrogens is 3. The number of fused-ring (bicyclic) bond motifs is 1. The van der Waals surface area contributed by atoms with Gasteiger partial charge in [-0.05, 0) is 61.0 Å². The SMILES string of the molecule is Cc1cc2nn(-c3ccc(F)cc3)nc2cc1NC(=O)COc1ccccc1Cl. The van der Waals surface area contributed by atoms with E-state index in [0.29, 0.717) is 33.2 Å². The smallest absolute Gasteiger partial charge is 0.262 e. The van der Waals surface area contributed by atoms with E-state index < -0.39 is 0 Å². The number of benzene rings is 3. The monoisotopic (exact) mass is 410 g/mol. The lowest BCUT2D eigenvalue weighted by Gasteiger charge is -2.10. The van der Waals surface area contributed by atoms with Crippen molar-refractivity contribution in [3.05, 3.63) is 77.1 Å². The second-order valence-corrected chi connectivity index (χ2v) is 6.80. The fourth-order valence-corrected chi connectivity index (χ4v) is 2.97. The van der Waals surface area contributed by atoms with Crippen LogP contribution in [0.3, 0.4) is 0 Å². The number of halogens is 2. The quantitative estimate of drug-likeness (QED) is 0.524. The van der Waals surface area contributed by atoms with Gasteiger partial charge in [-0.3, -0.25) is 4.79 Å². The maximum absolute atomic E-state index is 13.1. The van der Waals surface area contributed by atoms with Crippen LogP contribution in [-0.4, -0.2) is 27.5 Å². The van der Waals surface area contributed by atoms with E-state index in [1.54, 1.807) is 42.5 Å². The minimum Gasteiger partial charge on any atom is -0.482 e. The van der Waals surface area contributed by atoms with Gasteiger partial charge >= 0.3 is 0 Å². The predicted octanol–water partition coefficient (Wildman–Crippen LogP) is 4.54. The molecule has 6 nitrogen and oxygen atoms in total. The molecule has 0 unspecified atom stereocenters. The molecule has 0 bridgehead atoms. The first-order valence-electron chi connectivity index (χ1n) is 8.80. The number of ether oxygens (including phenoxy) is 1. The highest BCUT2D eigenvalue weighted by atomic mass is 35.5. The molecule has 0 radical (unpaired) electrons. The minimum atomic E-state index is -0.328. The second-order valence-electron chi connectivity index (χ2n) is 6.39. The Hall–Kier alpha value is -3.45. The topological polar surface area (TPSA) is 69.0 Å². The van der Waals surface area contributed by atoms with E-state index in [1.807, 2.05) is 13.0 Å². The van der Waals surface area contributed by atoms with Crippen molar-refractivity contribution in [3.63, 3.8) is 0 Å². The number of rotatable bonds is 5. The molecule has 0 aliphatic rings. The van der Waals surface area contributed by atoms with Crippen LogP contribution in [0.5, 0.6) is 5.75 Å². The Morgan fingerprint density at radius 1 is 1.10 bits per heavy atom. The van der Waals surface area contributed by atoms with Gasteiger partial charge in [0.25, 0.3) is 5.91 Å². The fourth-order valence-electron chi connectivity index (χ4n) is 2.78. The van der Waals surface area contributed by atoms with Crippen molar-refractivity contribution in [1.29, 1.82) is 0 Å². The zero-order chi connectivity index (χ0) is 20.4. The summed E-state index contributed by atoms with van der Waals surface area (Å²) in [6.45, 7) is 1.68. The molecule has 8 heteroatoms. The molecule has 1 N–H and O–H groups in total. The number of hydrogen-bond acceptors (Lipinski definition) is 4. The fraction of sp³-hybridized carbons (Fsp3) is 0.0952. The summed E-state index contributed by atoms with van der Waals surface area (Å²) in [4.78, 5) is 13.7. The van der Waals surface area contributed by atoms with Gasteiger partial charge in [0.05, 0.1) is 10.7 Å². The average Bonchev–Trinajstić information content (AvgIpc) is 3.11. The maximum atomic E-state index is 13.1. The number of nitrogens with one attached hydrogen (secondary N) is 1. The van der Waals surface area contributed by atoms with Gasteiger partial charge < -0.3 is 10.1 Å². The van der Waals surface area contributed by atoms with E-state index in [2.05, 4.69) is 15.5 Å². The van der Waals surface area contributed by atoms with Gasteiger partial charge in [0.2, 0.25) is 0 Å². The standard InChI is InChI=1S/C21H16ClFN4O2/c1-13-10-18-19(26-27(25-18)15-8-6-14(23)7-9-15)11-17(13)24-21(28)12-29-20-5-3-2-4-16(20)22/h2-11H,12H2,1H3,(H,24,28). The lowest BCUT2D eigenvalue weighted by molar-refractivity contribution is -0.118. The van der Waals surface area contributed by atoms with Gasteiger partial charge in [0.1, 0.15) is 22.6 Å². The maximum Gasteiger partial charge on any atom is 0.262 e. The molecular weight excluding hydrogens is 395 g/mol. The Morgan fingerprint density at radius 2 is 1.79 bits per heavy atom. The molecule has 1 aromatic heterocycles. The first-order chi connectivity index (χ1) is 14.0. The number of anilines is 1. The highest BCUT2D eigenvalue weighted by molar-refractivity contribution is 6.32. The highest BCUT2D eigenvalue weighted by Gasteiger charge is 2.12. The molecule has 29 heavy (non-hydrogen) atoms. The molecule has 146 valence electrons. The molecule has 3 aromatic carbocycles. The van der Waals surface area contributed by atoms with Gasteiger partial charge in [-0.1, -0.05) is 23.7 Å². The summed E-state index contributed by atoms with van der Waals surface area (Å²) in [5.41, 5.74) is 3.34. The predicted molar refractivity (Wildman–Crippen MR) is 109 cm³/mol. The third-order valence-electron chi connectivity index (χ3n) is 4.25. The summed E-state index contributed by atoms with van der Waals surface area (Å²) in [5, 5.41) is 12.1. The second kappa shape index (κ2) is 7.89. The molecule has 0 aliphatic carbocycles. The molecule has 1 heterocycles. The van der Waals surface area contributed by atoms with E-state index >= 15 is 0 Å². The molecule has 4 aromatic rings. The summed E-state index contributed by atoms with van der Waals surface area (Å²) < 4.78 is 18.6. The zero-order valence-electron chi connectivity index (χ0n) is 15.4. The molecule has 0 fully saturated rings. The van der Waals surface area contributed by atoms with Crippen LogP contribution >= 0.6 is 11.6 Å². The zero-order valence-corrected chi connectivity index (χ0v) is 16.2. The summed E-state index contributed by atoms with van der Waals surface area (Å²) in [6, 6.07) is 16.4. The van der Waals surface area contributed by atoms with Crippen molar-refractivity contribution in [3.8, 4) is 11.4 Å². The normalized spacial score (nSPS) is 10.9. The highest BCUT2D eigenvalue weighted by Crippen LogP contribution is 2.24. The Balaban J connectivity index is 1.51. The number of amides is 1. The Labute approximate surface area is 170 Å². The van der Waals surface area contributed by atoms with Crippen molar-refractivity contribution in [2.24, 2.45) is 0 Å². The van der Waals surface area contributed by atoms with E-state index in [9.17, 15) is 9.18 Å². The minimum absolute atomic E-state index is 0.177. The molecule has 4 rings (SSSR count). The van der Waals surface area contributed by atoms with Crippen LogP contribution in [0.15, 0.2) is 60.7 Å². The van der Waals surface area contributed by atoms with Gasteiger partial charge in [-0.15, -0.1) is 10.2 Å². The van der Waals surface area contributed by atoms with Crippen molar-refractivity contribution < 1.29 is 13.9 Å². The summed E-state index contributed by atoms with van der Waals surface area (Å²) in [7, 11) is 0. The lowest BCUT2D eigenvalue weighted by atomic mass is 10.1. The third kappa shape index (κ3) is 4.20. The molecule has 0 spiro atoms. The van der Waals surface area contributed by atoms with E-state index in [-0.39, 0.29) is 18.3 Å². The van der Waals surface area contributed by atoms with Crippen molar-refractivity contribution in [1.82, 2.24) is 15.0 Å². The Bertz CT molecular complexity index is 1190. The Kier molecular flexibility index (Phi) is 5.14. The molecule has 0 saturated heterocycles. The summed E-state index contributed by atoms with van der Waals surface area (Å²) in [6.07, 6.45) is 0. The molecular formula is C21H16ClFN4O2. The number of aryl methyl sites for hydroxylation is 1. The molecule has 1 amide bonds. The van der Waals surface area contributed by atoms with Gasteiger partial charge in [0.15, 0.2) is 6.61 Å². The molecule has 0 aliphatic heterocycles. The van der Waals surface area contributed by atoms with Crippen LogP contribution in [0, 0.1) is 12.7 Å². The summed E-state index contributed by atoms with van der Waals surface area (Å²) >= 11 is 6.02. The van der Waals surface area contributed by atoms with Gasteiger partial charge in [0, 0.05) is 5.69 Å². The van der Waals surface area contributed by atoms with E-state index in [1.165, 1.54) is 16.9 Å². The van der Waals surface area contributed by atoms with Crippen molar-refractivity contribution in [2.75, 3.05) is 11.9 Å². The van der Waals surface area contributed by atoms with Crippen LogP contribution in [-0.2, 0) is 4.79 Å². The average molecular weight is 411 g/mol. The third-order valence-corrected chi connectivity index (χ3v) is 4.57. The lowest BCUT2D eigenvalue weighted by Crippen LogP contribution is -2.20.